The number of nitro groups is 1. The molecule has 0 radical (unpaired) electrons. The second kappa shape index (κ2) is 2.17. The molecule has 9 heteroatoms. The minimum Gasteiger partial charge on any atom is -0.504 e. The lowest BCUT2D eigenvalue weighted by Crippen LogP contribution is -2.06. The number of nitro benzene ring substituents is 1. The van der Waals surface area contributed by atoms with Gasteiger partial charge in [0.2, 0.25) is 0 Å². The molecule has 0 spiro atoms. The Hall–Kier alpha value is -1.95. The minimum atomic E-state index is -3.83. The van der Waals surface area contributed by atoms with Gasteiger partial charge in [0.1, 0.15) is 0 Å². The zero-order chi connectivity index (χ0) is 10.8. The van der Waals surface area contributed by atoms with Gasteiger partial charge in [0.25, 0.3) is 11.5 Å². The van der Waals surface area contributed by atoms with Crippen molar-refractivity contribution in [2.75, 3.05) is 0 Å². The number of benzene rings is 1. The third-order valence-electron chi connectivity index (χ3n) is 1.95. The fraction of sp³-hybridized carbons (Fsp3) is 0. The van der Waals surface area contributed by atoms with Crippen LogP contribution in [0.15, 0.2) is 6.07 Å². The standard InChI is InChI=1S/C6H2NO7P/c8-2-1-3-6-4(7(9)10)5(2)13-15(11,12-3)14-6/h1,8H. The first kappa shape index (κ1) is 8.37. The topological polar surface area (TPSA) is 108 Å². The molecule has 0 saturated carbocycles. The van der Waals surface area contributed by atoms with Crippen LogP contribution in [0.2, 0.25) is 0 Å². The summed E-state index contributed by atoms with van der Waals surface area (Å²) in [5.41, 5.74) is -0.575. The molecular weight excluding hydrogens is 229 g/mol. The molecule has 8 nitrogen and oxygen atoms in total. The van der Waals surface area contributed by atoms with Crippen molar-refractivity contribution in [1.82, 2.24) is 0 Å². The summed E-state index contributed by atoms with van der Waals surface area (Å²) in [7, 11) is -3.83. The number of rotatable bonds is 1. The van der Waals surface area contributed by atoms with E-state index in [0.29, 0.717) is 0 Å². The van der Waals surface area contributed by atoms with E-state index in [1.807, 2.05) is 0 Å². The molecule has 0 fully saturated rings. The summed E-state index contributed by atoms with van der Waals surface area (Å²) < 4.78 is 25.5. The molecule has 0 saturated heterocycles. The van der Waals surface area contributed by atoms with Crippen LogP contribution in [-0.2, 0) is 4.57 Å². The van der Waals surface area contributed by atoms with Crippen LogP contribution in [0, 0.1) is 10.1 Å². The van der Waals surface area contributed by atoms with Gasteiger partial charge in [0.05, 0.1) is 4.92 Å². The maximum absolute atomic E-state index is 11.5. The Morgan fingerprint density at radius 2 is 2.00 bits per heavy atom. The number of phosphoric acid groups is 1. The fourth-order valence-electron chi connectivity index (χ4n) is 1.41. The van der Waals surface area contributed by atoms with Gasteiger partial charge in [-0.3, -0.25) is 10.1 Å². The highest BCUT2D eigenvalue weighted by Gasteiger charge is 2.53. The highest BCUT2D eigenvalue weighted by Crippen LogP contribution is 2.70. The van der Waals surface area contributed by atoms with Crippen LogP contribution in [0.1, 0.15) is 0 Å². The van der Waals surface area contributed by atoms with E-state index >= 15 is 0 Å². The normalized spacial score (nSPS) is 24.3. The van der Waals surface area contributed by atoms with Gasteiger partial charge in [-0.05, 0) is 0 Å². The molecule has 15 heavy (non-hydrogen) atoms. The van der Waals surface area contributed by atoms with Crippen molar-refractivity contribution < 1.29 is 28.2 Å². The first-order valence-corrected chi connectivity index (χ1v) is 5.19. The minimum absolute atomic E-state index is 0.149. The quantitative estimate of drug-likeness (QED) is 0.443. The lowest BCUT2D eigenvalue weighted by molar-refractivity contribution is -0.386. The molecule has 1 atom stereocenters. The van der Waals surface area contributed by atoms with Crippen LogP contribution in [-0.4, -0.2) is 10.0 Å². The van der Waals surface area contributed by atoms with Gasteiger partial charge in [-0.15, -0.1) is 0 Å². The summed E-state index contributed by atoms with van der Waals surface area (Å²) in [4.78, 5) is 9.85. The van der Waals surface area contributed by atoms with E-state index in [9.17, 15) is 19.8 Å². The molecule has 1 unspecified atom stereocenters. The molecule has 1 N–H and O–H groups in total. The molecule has 0 amide bonds. The van der Waals surface area contributed by atoms with Crippen molar-refractivity contribution in [3.05, 3.63) is 16.2 Å². The van der Waals surface area contributed by atoms with E-state index in [-0.39, 0.29) is 11.5 Å². The van der Waals surface area contributed by atoms with Gasteiger partial charge in [-0.2, -0.15) is 4.57 Å². The summed E-state index contributed by atoms with van der Waals surface area (Å²) in [5.74, 6) is -1.39. The Morgan fingerprint density at radius 1 is 1.33 bits per heavy atom. The van der Waals surface area contributed by atoms with Crippen molar-refractivity contribution in [3.8, 4) is 23.0 Å². The summed E-state index contributed by atoms with van der Waals surface area (Å²) in [5, 5.41) is 20.0. The van der Waals surface area contributed by atoms with Crippen molar-refractivity contribution >= 4 is 13.5 Å². The Balaban J connectivity index is 2.41. The fourth-order valence-corrected chi connectivity index (χ4v) is 2.70. The van der Waals surface area contributed by atoms with Crippen molar-refractivity contribution in [1.29, 1.82) is 0 Å². The van der Waals surface area contributed by atoms with Crippen LogP contribution in [0.4, 0.5) is 5.69 Å². The molecule has 1 aromatic carbocycles. The van der Waals surface area contributed by atoms with Gasteiger partial charge in [-0.25, -0.2) is 0 Å². The number of aromatic hydroxyl groups is 1. The van der Waals surface area contributed by atoms with Gasteiger partial charge in [0, 0.05) is 6.07 Å². The zero-order valence-electron chi connectivity index (χ0n) is 6.87. The molecule has 3 bridgehead atoms. The van der Waals surface area contributed by atoms with E-state index in [0.717, 1.165) is 6.07 Å². The van der Waals surface area contributed by atoms with E-state index in [2.05, 4.69) is 9.05 Å². The smallest absolute Gasteiger partial charge is 0.504 e. The van der Waals surface area contributed by atoms with Crippen LogP contribution in [0.3, 0.4) is 0 Å². The first-order chi connectivity index (χ1) is 7.00. The summed E-state index contributed by atoms with van der Waals surface area (Å²) in [6.45, 7) is 0. The Morgan fingerprint density at radius 3 is 2.67 bits per heavy atom. The Bertz CT molecular complexity index is 549. The summed E-state index contributed by atoms with van der Waals surface area (Å²) in [6.07, 6.45) is 0. The number of nitrogens with zero attached hydrogens (tertiary/aromatic N) is 1. The molecule has 1 aromatic rings. The third kappa shape index (κ3) is 0.887. The SMILES string of the molecule is O=[N+]([O-])c1c2c(O)cc3c1OP(=O)(O3)O2. The summed E-state index contributed by atoms with van der Waals surface area (Å²) in [6, 6.07) is 1.06. The molecule has 3 rings (SSSR count). The van der Waals surface area contributed by atoms with Crippen molar-refractivity contribution in [2.24, 2.45) is 0 Å². The van der Waals surface area contributed by atoms with E-state index < -0.39 is 29.9 Å². The van der Waals surface area contributed by atoms with Crippen molar-refractivity contribution in [3.63, 3.8) is 0 Å². The van der Waals surface area contributed by atoms with Gasteiger partial charge < -0.3 is 18.7 Å². The molecule has 78 valence electrons. The predicted octanol–water partition coefficient (Wildman–Crippen LogP) is 1.57. The second-order valence-corrected chi connectivity index (χ2v) is 4.32. The molecular formula is C6H2NO7P. The average Bonchev–Trinajstić information content (AvgIpc) is 2.30. The Kier molecular flexibility index (Phi) is 1.21. The molecule has 0 aliphatic carbocycles. The largest absolute Gasteiger partial charge is 0.647 e. The van der Waals surface area contributed by atoms with Crippen LogP contribution >= 0.6 is 7.82 Å². The third-order valence-corrected chi connectivity index (χ3v) is 3.19. The van der Waals surface area contributed by atoms with E-state index in [1.54, 1.807) is 0 Å². The molecule has 2 aliphatic rings. The van der Waals surface area contributed by atoms with Crippen LogP contribution < -0.4 is 13.6 Å². The predicted molar refractivity (Wildman–Crippen MR) is 44.3 cm³/mol. The summed E-state index contributed by atoms with van der Waals surface area (Å²) >= 11 is 0. The van der Waals surface area contributed by atoms with E-state index in [1.165, 1.54) is 0 Å². The van der Waals surface area contributed by atoms with Gasteiger partial charge in [-0.1, -0.05) is 0 Å². The lowest BCUT2D eigenvalue weighted by Gasteiger charge is -2.13. The number of hydrogen-bond donors (Lipinski definition) is 1. The Labute approximate surface area is 81.8 Å². The van der Waals surface area contributed by atoms with Crippen LogP contribution in [0.25, 0.3) is 0 Å². The zero-order valence-corrected chi connectivity index (χ0v) is 7.76. The molecule has 0 aromatic heterocycles. The highest BCUT2D eigenvalue weighted by atomic mass is 31.2. The average molecular weight is 231 g/mol. The molecule has 2 aliphatic heterocycles. The number of hydrogen-bond acceptors (Lipinski definition) is 7. The van der Waals surface area contributed by atoms with Gasteiger partial charge in [0.15, 0.2) is 11.5 Å². The lowest BCUT2D eigenvalue weighted by atomic mass is 10.2. The monoisotopic (exact) mass is 231 g/mol. The highest BCUT2D eigenvalue weighted by molar-refractivity contribution is 7.50. The number of phosphoric ester groups is 1. The molecule has 2 heterocycles. The van der Waals surface area contributed by atoms with Gasteiger partial charge >= 0.3 is 13.5 Å². The van der Waals surface area contributed by atoms with E-state index in [4.69, 9.17) is 4.52 Å². The maximum Gasteiger partial charge on any atom is 0.647 e. The van der Waals surface area contributed by atoms with Crippen LogP contribution in [0.5, 0.6) is 23.0 Å². The van der Waals surface area contributed by atoms with Crippen molar-refractivity contribution in [2.45, 2.75) is 0 Å². The maximum atomic E-state index is 11.5. The number of phenolic OH excluding ortho intramolecular Hbond substituents is 1. The first-order valence-electron chi connectivity index (χ1n) is 3.73. The number of fused-ring (bicyclic) bond motifs is 2. The second-order valence-electron chi connectivity index (χ2n) is 2.88. The number of phenols is 1.